The van der Waals surface area contributed by atoms with Crippen molar-refractivity contribution >= 4 is 64.2 Å². The largest absolute Gasteiger partial charge is 0.496 e. The predicted octanol–water partition coefficient (Wildman–Crippen LogP) is 7.16. The first-order valence-electron chi connectivity index (χ1n) is 11.5. The molecule has 3 rings (SSSR count). The molecule has 0 spiro atoms. The summed E-state index contributed by atoms with van der Waals surface area (Å²) in [5.41, 5.74) is 1.13. The molecule has 0 saturated carbocycles. The highest BCUT2D eigenvalue weighted by Gasteiger charge is 2.20. The first kappa shape index (κ1) is 30.4. The number of amides is 1. The van der Waals surface area contributed by atoms with Crippen molar-refractivity contribution in [3.8, 4) is 17.2 Å². The van der Waals surface area contributed by atoms with E-state index in [0.717, 1.165) is 0 Å². The van der Waals surface area contributed by atoms with E-state index in [9.17, 15) is 14.4 Å². The number of nitrogens with one attached hydrogen (secondary N) is 1. The van der Waals surface area contributed by atoms with Gasteiger partial charge in [-0.15, -0.1) is 0 Å². The minimum atomic E-state index is -0.759. The van der Waals surface area contributed by atoms with Crippen LogP contribution in [0.1, 0.15) is 28.4 Å². The van der Waals surface area contributed by atoms with Gasteiger partial charge in [0.1, 0.15) is 18.0 Å². The third-order valence-electron chi connectivity index (χ3n) is 5.18. The third-order valence-corrected chi connectivity index (χ3v) is 6.28. The van der Waals surface area contributed by atoms with Crippen LogP contribution < -0.4 is 14.8 Å². The van der Waals surface area contributed by atoms with E-state index in [0.29, 0.717) is 22.8 Å². The summed E-state index contributed by atoms with van der Waals surface area (Å²) in [4.78, 5) is 36.2. The van der Waals surface area contributed by atoms with Crippen LogP contribution in [-0.4, -0.2) is 44.7 Å². The molecule has 1 N–H and O–H groups in total. The lowest BCUT2D eigenvalue weighted by molar-refractivity contribution is -0.141. The second-order valence-electron chi connectivity index (χ2n) is 7.85. The first-order valence-corrected chi connectivity index (χ1v) is 13.0. The Morgan fingerprint density at radius 1 is 0.846 bits per heavy atom. The van der Waals surface area contributed by atoms with Crippen LogP contribution in [0.25, 0.3) is 0 Å². The molecule has 12 heteroatoms. The van der Waals surface area contributed by atoms with Gasteiger partial charge in [-0.1, -0.05) is 46.4 Å². The molecule has 0 unspecified atom stereocenters. The van der Waals surface area contributed by atoms with Gasteiger partial charge in [0.15, 0.2) is 11.5 Å². The number of halogens is 4. The fourth-order valence-corrected chi connectivity index (χ4v) is 4.49. The van der Waals surface area contributed by atoms with Crippen molar-refractivity contribution in [1.29, 1.82) is 0 Å². The highest BCUT2D eigenvalue weighted by molar-refractivity contribution is 6.38. The van der Waals surface area contributed by atoms with Crippen LogP contribution in [0.2, 0.25) is 20.1 Å². The highest BCUT2D eigenvalue weighted by atomic mass is 35.5. The Bertz CT molecular complexity index is 1360. The number of alkyl carbamates (subject to hydrolysis) is 1. The van der Waals surface area contributed by atoms with Crippen LogP contribution in [0.5, 0.6) is 17.2 Å². The summed E-state index contributed by atoms with van der Waals surface area (Å²) in [5, 5.41) is 3.30. The number of ketones is 1. The SMILES string of the molecule is CCOC(=O)CNC(=O)OCCc1cc(Cl)c(Oc2ccc(OC)c(C(=O)c3ccc(Cl)cc3Cl)c2)c(Cl)c1. The van der Waals surface area contributed by atoms with Crippen molar-refractivity contribution < 1.29 is 33.3 Å². The van der Waals surface area contributed by atoms with Crippen LogP contribution in [0, 0.1) is 0 Å². The van der Waals surface area contributed by atoms with Crippen LogP contribution in [-0.2, 0) is 20.7 Å². The van der Waals surface area contributed by atoms with Crippen molar-refractivity contribution in [2.45, 2.75) is 13.3 Å². The fourth-order valence-electron chi connectivity index (χ4n) is 3.39. The summed E-state index contributed by atoms with van der Waals surface area (Å²) in [6.45, 7) is 1.60. The summed E-state index contributed by atoms with van der Waals surface area (Å²) >= 11 is 25.0. The van der Waals surface area contributed by atoms with Crippen molar-refractivity contribution in [3.63, 3.8) is 0 Å². The van der Waals surface area contributed by atoms with Gasteiger partial charge in [0.2, 0.25) is 0 Å². The molecule has 0 heterocycles. The Labute approximate surface area is 245 Å². The van der Waals surface area contributed by atoms with Crippen molar-refractivity contribution in [3.05, 3.63) is 85.3 Å². The molecule has 0 radical (unpaired) electrons. The maximum absolute atomic E-state index is 13.2. The Morgan fingerprint density at radius 3 is 2.21 bits per heavy atom. The van der Waals surface area contributed by atoms with Gasteiger partial charge in [0.25, 0.3) is 0 Å². The Morgan fingerprint density at radius 2 is 1.56 bits per heavy atom. The van der Waals surface area contributed by atoms with E-state index in [2.05, 4.69) is 5.32 Å². The number of esters is 1. The van der Waals surface area contributed by atoms with E-state index in [1.54, 1.807) is 37.3 Å². The van der Waals surface area contributed by atoms with Gasteiger partial charge in [-0.2, -0.15) is 0 Å². The Hall–Kier alpha value is -3.17. The number of hydrogen-bond acceptors (Lipinski definition) is 7. The average molecular weight is 615 g/mol. The van der Waals surface area contributed by atoms with Crippen LogP contribution in [0.15, 0.2) is 48.5 Å². The molecule has 0 aliphatic carbocycles. The molecule has 0 bridgehead atoms. The van der Waals surface area contributed by atoms with E-state index >= 15 is 0 Å². The number of methoxy groups -OCH3 is 1. The summed E-state index contributed by atoms with van der Waals surface area (Å²) in [6.07, 6.45) is -0.458. The zero-order valence-electron chi connectivity index (χ0n) is 20.8. The molecule has 3 aromatic carbocycles. The average Bonchev–Trinajstić information content (AvgIpc) is 2.89. The number of ether oxygens (including phenoxy) is 4. The number of carbonyl (C=O) groups excluding carboxylic acids is 3. The molecule has 206 valence electrons. The smallest absolute Gasteiger partial charge is 0.407 e. The van der Waals surface area contributed by atoms with Crippen LogP contribution >= 0.6 is 46.4 Å². The van der Waals surface area contributed by atoms with Gasteiger partial charge >= 0.3 is 12.1 Å². The normalized spacial score (nSPS) is 10.5. The van der Waals surface area contributed by atoms with E-state index in [1.165, 1.54) is 25.3 Å². The van der Waals surface area contributed by atoms with Gasteiger partial charge in [-0.3, -0.25) is 9.59 Å². The number of hydrogen-bond donors (Lipinski definition) is 1. The zero-order valence-corrected chi connectivity index (χ0v) is 23.8. The molecule has 39 heavy (non-hydrogen) atoms. The minimum absolute atomic E-state index is 0.0126. The number of carbonyl (C=O) groups is 3. The molecule has 0 saturated heterocycles. The molecule has 0 aliphatic heterocycles. The first-order chi connectivity index (χ1) is 18.6. The molecule has 0 aliphatic rings. The molecule has 8 nitrogen and oxygen atoms in total. The van der Waals surface area contributed by atoms with E-state index < -0.39 is 17.8 Å². The van der Waals surface area contributed by atoms with Gasteiger partial charge in [0, 0.05) is 17.0 Å². The summed E-state index contributed by atoms with van der Waals surface area (Å²) in [7, 11) is 1.44. The Balaban J connectivity index is 1.70. The second kappa shape index (κ2) is 14.3. The quantitative estimate of drug-likeness (QED) is 0.181. The highest BCUT2D eigenvalue weighted by Crippen LogP contribution is 2.39. The van der Waals surface area contributed by atoms with Gasteiger partial charge in [-0.25, -0.2) is 4.79 Å². The summed E-state index contributed by atoms with van der Waals surface area (Å²) in [5.74, 6) is -0.189. The monoisotopic (exact) mass is 613 g/mol. The maximum atomic E-state index is 13.2. The van der Waals surface area contributed by atoms with E-state index in [1.807, 2.05) is 0 Å². The molecule has 3 aromatic rings. The maximum Gasteiger partial charge on any atom is 0.407 e. The topological polar surface area (TPSA) is 100 Å². The summed E-state index contributed by atoms with van der Waals surface area (Å²) < 4.78 is 21.0. The van der Waals surface area contributed by atoms with E-state index in [-0.39, 0.29) is 57.5 Å². The van der Waals surface area contributed by atoms with E-state index in [4.69, 9.17) is 65.4 Å². The molecule has 0 atom stereocenters. The number of rotatable bonds is 11. The molecular weight excluding hydrogens is 592 g/mol. The summed E-state index contributed by atoms with van der Waals surface area (Å²) in [6, 6.07) is 12.5. The lowest BCUT2D eigenvalue weighted by Crippen LogP contribution is -2.31. The third kappa shape index (κ3) is 8.41. The van der Waals surface area contributed by atoms with Crippen LogP contribution in [0.4, 0.5) is 4.79 Å². The minimum Gasteiger partial charge on any atom is -0.496 e. The predicted molar refractivity (Wildman–Crippen MR) is 149 cm³/mol. The van der Waals surface area contributed by atoms with Crippen LogP contribution in [0.3, 0.4) is 0 Å². The van der Waals surface area contributed by atoms with Crippen molar-refractivity contribution in [1.82, 2.24) is 5.32 Å². The van der Waals surface area contributed by atoms with Gasteiger partial charge < -0.3 is 24.3 Å². The molecule has 0 fully saturated rings. The standard InChI is InChI=1S/C27H23Cl4NO7/c1-3-37-24(33)14-32-27(35)38-9-8-15-10-21(30)26(22(31)11-15)39-17-5-7-23(36-2)19(13-17)25(34)18-6-4-16(28)12-20(18)29/h4-7,10-13H,3,8-9,14H2,1-2H3,(H,32,35). The van der Waals surface area contributed by atoms with Crippen molar-refractivity contribution in [2.75, 3.05) is 26.9 Å². The Kier molecular flexibility index (Phi) is 11.1. The molecular formula is C27H23Cl4NO7. The van der Waals surface area contributed by atoms with Gasteiger partial charge in [0.05, 0.1) is 41.0 Å². The fraction of sp³-hybridized carbons (Fsp3) is 0.222. The zero-order chi connectivity index (χ0) is 28.5. The lowest BCUT2D eigenvalue weighted by Gasteiger charge is -2.14. The lowest BCUT2D eigenvalue weighted by atomic mass is 10.0. The van der Waals surface area contributed by atoms with Crippen molar-refractivity contribution in [2.24, 2.45) is 0 Å². The number of benzene rings is 3. The second-order valence-corrected chi connectivity index (χ2v) is 9.51. The molecule has 0 aromatic heterocycles. The molecule has 1 amide bonds. The van der Waals surface area contributed by atoms with Gasteiger partial charge in [-0.05, 0) is 61.0 Å².